The highest BCUT2D eigenvalue weighted by Crippen LogP contribution is 2.37. The van der Waals surface area contributed by atoms with Crippen molar-refractivity contribution in [2.45, 2.75) is 64.2 Å². The molecule has 4 aromatic rings. The molecule has 4 rings (SSSR count). The van der Waals surface area contributed by atoms with Gasteiger partial charge in [-0.3, -0.25) is 0 Å². The summed E-state index contributed by atoms with van der Waals surface area (Å²) in [5.41, 5.74) is 2.03. The van der Waals surface area contributed by atoms with E-state index in [0.717, 1.165) is 28.3 Å². The van der Waals surface area contributed by atoms with Crippen molar-refractivity contribution in [1.29, 1.82) is 0 Å². The molecule has 216 valence electrons. The molecule has 0 bridgehead atoms. The number of carbonyl (C=O) groups is 1. The normalized spacial score (nSPS) is 13.5. The summed E-state index contributed by atoms with van der Waals surface area (Å²) >= 11 is 1.62. The van der Waals surface area contributed by atoms with Gasteiger partial charge in [0.25, 0.3) is 8.32 Å². The summed E-state index contributed by atoms with van der Waals surface area (Å²) in [6.07, 6.45) is 1.85. The van der Waals surface area contributed by atoms with E-state index in [4.69, 9.17) is 18.9 Å². The third-order valence-corrected chi connectivity index (χ3v) is 13.4. The van der Waals surface area contributed by atoms with Crippen molar-refractivity contribution in [3.63, 3.8) is 0 Å². The molecule has 1 heterocycles. The Morgan fingerprint density at radius 1 is 0.927 bits per heavy atom. The molecule has 0 amide bonds. The number of aldehydes is 1. The standard InChI is InChI=1S/C34H41NO4SSi/c1-26(20-21-36)32-25-40-33(35-32)22-29(38-23-27-16-18-28(37-5)19-17-27)24-39-41(34(2,3)4,30-12-8-6-9-13-30)31-14-10-7-11-15-31/h6-19,21,25-26,29H,20,22-24H2,1-5H3/t26-,29-/m0/s1. The lowest BCUT2D eigenvalue weighted by Crippen LogP contribution is -2.67. The maximum absolute atomic E-state index is 11.1. The average Bonchev–Trinajstić information content (AvgIpc) is 3.45. The Bertz CT molecular complexity index is 1310. The highest BCUT2D eigenvalue weighted by molar-refractivity contribution is 7.09. The number of thiazole rings is 1. The first-order valence-electron chi connectivity index (χ1n) is 14.1. The van der Waals surface area contributed by atoms with E-state index < -0.39 is 8.32 Å². The molecule has 0 spiro atoms. The Kier molecular flexibility index (Phi) is 10.7. The van der Waals surface area contributed by atoms with Crippen LogP contribution in [0.15, 0.2) is 90.3 Å². The zero-order valence-corrected chi connectivity index (χ0v) is 26.5. The monoisotopic (exact) mass is 587 g/mol. The zero-order chi connectivity index (χ0) is 29.3. The number of aromatic nitrogens is 1. The third kappa shape index (κ3) is 7.60. The summed E-state index contributed by atoms with van der Waals surface area (Å²) < 4.78 is 19.1. The maximum atomic E-state index is 11.1. The van der Waals surface area contributed by atoms with Crippen LogP contribution in [-0.2, 0) is 27.0 Å². The fraction of sp³-hybridized carbons (Fsp3) is 0.353. The van der Waals surface area contributed by atoms with E-state index in [0.29, 0.717) is 26.1 Å². The number of benzene rings is 3. The van der Waals surface area contributed by atoms with E-state index in [1.165, 1.54) is 10.4 Å². The van der Waals surface area contributed by atoms with Crippen LogP contribution < -0.4 is 15.1 Å². The molecule has 0 saturated heterocycles. The molecule has 3 aromatic carbocycles. The van der Waals surface area contributed by atoms with E-state index in [2.05, 4.69) is 86.8 Å². The number of methoxy groups -OCH3 is 1. The first-order valence-corrected chi connectivity index (χ1v) is 16.9. The lowest BCUT2D eigenvalue weighted by Gasteiger charge is -2.43. The molecule has 0 unspecified atom stereocenters. The topological polar surface area (TPSA) is 57.6 Å². The second-order valence-electron chi connectivity index (χ2n) is 11.4. The number of nitrogens with zero attached hydrogens (tertiary/aromatic N) is 1. The van der Waals surface area contributed by atoms with E-state index >= 15 is 0 Å². The molecule has 1 aromatic heterocycles. The van der Waals surface area contributed by atoms with Crippen LogP contribution in [0.3, 0.4) is 0 Å². The van der Waals surface area contributed by atoms with Crippen molar-refractivity contribution in [3.8, 4) is 5.75 Å². The van der Waals surface area contributed by atoms with Gasteiger partial charge in [-0.25, -0.2) is 4.98 Å². The molecule has 0 saturated carbocycles. The van der Waals surface area contributed by atoms with Crippen molar-refractivity contribution < 1.29 is 18.7 Å². The van der Waals surface area contributed by atoms with Gasteiger partial charge in [-0.05, 0) is 33.1 Å². The summed E-state index contributed by atoms with van der Waals surface area (Å²) in [5.74, 6) is 0.921. The molecular weight excluding hydrogens is 547 g/mol. The van der Waals surface area contributed by atoms with Gasteiger partial charge in [-0.15, -0.1) is 11.3 Å². The first kappa shape index (κ1) is 30.8. The summed E-state index contributed by atoms with van der Waals surface area (Å²) in [6, 6.07) is 29.3. The van der Waals surface area contributed by atoms with E-state index in [9.17, 15) is 4.79 Å². The van der Waals surface area contributed by atoms with Crippen LogP contribution in [0.1, 0.15) is 56.3 Å². The quantitative estimate of drug-likeness (QED) is 0.124. The average molecular weight is 588 g/mol. The highest BCUT2D eigenvalue weighted by atomic mass is 32.1. The van der Waals surface area contributed by atoms with Gasteiger partial charge in [0, 0.05) is 24.1 Å². The molecule has 0 N–H and O–H groups in total. The van der Waals surface area contributed by atoms with Gasteiger partial charge < -0.3 is 18.7 Å². The van der Waals surface area contributed by atoms with Crippen molar-refractivity contribution in [3.05, 3.63) is 107 Å². The van der Waals surface area contributed by atoms with Crippen LogP contribution in [0.5, 0.6) is 5.75 Å². The second-order valence-corrected chi connectivity index (χ2v) is 16.7. The van der Waals surface area contributed by atoms with Crippen LogP contribution in [0.2, 0.25) is 5.04 Å². The zero-order valence-electron chi connectivity index (χ0n) is 24.7. The number of rotatable bonds is 14. The number of ether oxygens (including phenoxy) is 2. The van der Waals surface area contributed by atoms with Gasteiger partial charge in [0.05, 0.1) is 37.1 Å². The van der Waals surface area contributed by atoms with Crippen molar-refractivity contribution in [2.24, 2.45) is 0 Å². The lowest BCUT2D eigenvalue weighted by molar-refractivity contribution is -0.108. The lowest BCUT2D eigenvalue weighted by atomic mass is 10.1. The van der Waals surface area contributed by atoms with Gasteiger partial charge in [0.2, 0.25) is 0 Å². The van der Waals surface area contributed by atoms with Crippen LogP contribution >= 0.6 is 11.3 Å². The fourth-order valence-corrected chi connectivity index (χ4v) is 10.8. The smallest absolute Gasteiger partial charge is 0.261 e. The molecule has 0 aliphatic carbocycles. The van der Waals surface area contributed by atoms with Crippen LogP contribution in [0, 0.1) is 0 Å². The number of carbonyl (C=O) groups excluding carboxylic acids is 1. The highest BCUT2D eigenvalue weighted by Gasteiger charge is 2.50. The Hall–Kier alpha value is -3.10. The summed E-state index contributed by atoms with van der Waals surface area (Å²) in [4.78, 5) is 15.9. The number of hydrogen-bond acceptors (Lipinski definition) is 6. The first-order chi connectivity index (χ1) is 19.8. The Morgan fingerprint density at radius 3 is 2.07 bits per heavy atom. The molecule has 7 heteroatoms. The second kappa shape index (κ2) is 14.2. The largest absolute Gasteiger partial charge is 0.497 e. The van der Waals surface area contributed by atoms with Crippen molar-refractivity contribution in [2.75, 3.05) is 13.7 Å². The van der Waals surface area contributed by atoms with Gasteiger partial charge >= 0.3 is 0 Å². The summed E-state index contributed by atoms with van der Waals surface area (Å²) in [7, 11) is -1.06. The van der Waals surface area contributed by atoms with Crippen LogP contribution in [0.4, 0.5) is 0 Å². The van der Waals surface area contributed by atoms with Gasteiger partial charge in [-0.2, -0.15) is 0 Å². The summed E-state index contributed by atoms with van der Waals surface area (Å²) in [6.45, 7) is 9.79. The maximum Gasteiger partial charge on any atom is 0.261 e. The van der Waals surface area contributed by atoms with Crippen molar-refractivity contribution in [1.82, 2.24) is 4.98 Å². The Labute approximate surface area is 249 Å². The molecule has 5 nitrogen and oxygen atoms in total. The van der Waals surface area contributed by atoms with E-state index in [-0.39, 0.29) is 17.1 Å². The van der Waals surface area contributed by atoms with Crippen molar-refractivity contribution >= 4 is 36.3 Å². The molecule has 0 aliphatic heterocycles. The Morgan fingerprint density at radius 2 is 1.54 bits per heavy atom. The predicted molar refractivity (Wildman–Crippen MR) is 170 cm³/mol. The van der Waals surface area contributed by atoms with Crippen LogP contribution in [-0.4, -0.2) is 39.4 Å². The van der Waals surface area contributed by atoms with Crippen LogP contribution in [0.25, 0.3) is 0 Å². The third-order valence-electron chi connectivity index (χ3n) is 7.47. The van der Waals surface area contributed by atoms with Gasteiger partial charge in [0.15, 0.2) is 0 Å². The SMILES string of the molecule is COc1ccc(CO[C@H](CO[Si](c2ccccc2)(c2ccccc2)C(C)(C)C)Cc2nc([C@@H](C)CC=O)cs2)cc1. The molecular formula is C34H41NO4SSi. The van der Waals surface area contributed by atoms with E-state index in [1.807, 2.05) is 31.2 Å². The molecule has 2 atom stereocenters. The van der Waals surface area contributed by atoms with Gasteiger partial charge in [-0.1, -0.05) is 100 Å². The summed E-state index contributed by atoms with van der Waals surface area (Å²) in [5, 5.41) is 5.41. The minimum absolute atomic E-state index is 0.101. The van der Waals surface area contributed by atoms with E-state index in [1.54, 1.807) is 18.4 Å². The minimum atomic E-state index is -2.73. The molecule has 0 fully saturated rings. The minimum Gasteiger partial charge on any atom is -0.497 e. The Balaban J connectivity index is 1.64. The number of hydrogen-bond donors (Lipinski definition) is 0. The molecule has 0 aliphatic rings. The van der Waals surface area contributed by atoms with Gasteiger partial charge in [0.1, 0.15) is 12.0 Å². The molecule has 41 heavy (non-hydrogen) atoms. The predicted octanol–water partition coefficient (Wildman–Crippen LogP) is 6.55. The molecule has 0 radical (unpaired) electrons. The fourth-order valence-electron chi connectivity index (χ4n) is 5.19.